The van der Waals surface area contributed by atoms with E-state index in [9.17, 15) is 0 Å². The van der Waals surface area contributed by atoms with Crippen molar-refractivity contribution in [2.45, 2.75) is 13.0 Å². The molecule has 0 bridgehead atoms. The molecule has 90 valence electrons. The first kappa shape index (κ1) is 12.1. The second kappa shape index (κ2) is 5.80. The zero-order valence-electron chi connectivity index (χ0n) is 9.97. The molecule has 4 heteroatoms. The Morgan fingerprint density at radius 2 is 2.53 bits per heavy atom. The van der Waals surface area contributed by atoms with Crippen molar-refractivity contribution in [2.75, 3.05) is 13.1 Å². The summed E-state index contributed by atoms with van der Waals surface area (Å²) in [4.78, 5) is 5.65. The van der Waals surface area contributed by atoms with Crippen molar-refractivity contribution in [3.63, 3.8) is 0 Å². The first-order valence-corrected chi connectivity index (χ1v) is 6.59. The fraction of sp³-hybridized carbons (Fsp3) is 0.308. The quantitative estimate of drug-likeness (QED) is 0.628. The zero-order chi connectivity index (χ0) is 12.1. The van der Waals surface area contributed by atoms with Gasteiger partial charge in [-0.1, -0.05) is 12.1 Å². The van der Waals surface area contributed by atoms with Crippen LogP contribution >= 0.6 is 11.3 Å². The molecule has 0 amide bonds. The van der Waals surface area contributed by atoms with Crippen LogP contribution in [0.1, 0.15) is 13.0 Å². The number of nitrogens with one attached hydrogen (secondary N) is 1. The molecule has 2 rings (SSSR count). The van der Waals surface area contributed by atoms with E-state index in [0.29, 0.717) is 6.04 Å². The third kappa shape index (κ3) is 2.84. The summed E-state index contributed by atoms with van der Waals surface area (Å²) in [5.74, 6) is 1.05. The monoisotopic (exact) mass is 247 g/mol. The van der Waals surface area contributed by atoms with E-state index < -0.39 is 0 Å². The molecule has 17 heavy (non-hydrogen) atoms. The van der Waals surface area contributed by atoms with Crippen molar-refractivity contribution >= 4 is 11.3 Å². The van der Waals surface area contributed by atoms with Gasteiger partial charge in [-0.15, -0.1) is 17.9 Å². The third-order valence-electron chi connectivity index (χ3n) is 2.61. The summed E-state index contributed by atoms with van der Waals surface area (Å²) >= 11 is 1.72. The molecular formula is C13H17N3S. The van der Waals surface area contributed by atoms with Crippen LogP contribution in [0, 0.1) is 0 Å². The van der Waals surface area contributed by atoms with E-state index in [2.05, 4.69) is 45.9 Å². The van der Waals surface area contributed by atoms with Gasteiger partial charge in [0.05, 0.1) is 4.88 Å². The maximum absolute atomic E-state index is 4.43. The summed E-state index contributed by atoms with van der Waals surface area (Å²) in [6.07, 6.45) is 5.77. The molecule has 0 radical (unpaired) electrons. The van der Waals surface area contributed by atoms with Crippen LogP contribution in [0.25, 0.3) is 10.7 Å². The molecule has 0 aliphatic carbocycles. The summed E-state index contributed by atoms with van der Waals surface area (Å²) in [5, 5.41) is 5.41. The Balaban J connectivity index is 2.11. The van der Waals surface area contributed by atoms with Crippen LogP contribution in [0.5, 0.6) is 0 Å². The van der Waals surface area contributed by atoms with Gasteiger partial charge in [-0.2, -0.15) is 0 Å². The van der Waals surface area contributed by atoms with Crippen molar-refractivity contribution in [3.05, 3.63) is 42.6 Å². The predicted molar refractivity (Wildman–Crippen MR) is 73.3 cm³/mol. The number of nitrogens with zero attached hydrogens (tertiary/aromatic N) is 2. The van der Waals surface area contributed by atoms with Gasteiger partial charge in [0.1, 0.15) is 5.82 Å². The van der Waals surface area contributed by atoms with Crippen LogP contribution in [-0.2, 0) is 0 Å². The average molecular weight is 247 g/mol. The lowest BCUT2D eigenvalue weighted by Gasteiger charge is -2.16. The van der Waals surface area contributed by atoms with E-state index in [1.165, 1.54) is 4.88 Å². The number of hydrogen-bond acceptors (Lipinski definition) is 3. The minimum atomic E-state index is 0.384. The summed E-state index contributed by atoms with van der Waals surface area (Å²) in [6, 6.07) is 4.54. The van der Waals surface area contributed by atoms with Crippen molar-refractivity contribution in [3.8, 4) is 10.7 Å². The van der Waals surface area contributed by atoms with Crippen LogP contribution in [0.3, 0.4) is 0 Å². The number of hydrogen-bond donors (Lipinski definition) is 1. The van der Waals surface area contributed by atoms with Gasteiger partial charge >= 0.3 is 0 Å². The summed E-state index contributed by atoms with van der Waals surface area (Å²) in [6.45, 7) is 7.65. The lowest BCUT2D eigenvalue weighted by Crippen LogP contribution is -2.23. The molecule has 0 spiro atoms. The summed E-state index contributed by atoms with van der Waals surface area (Å²) in [7, 11) is 0. The lowest BCUT2D eigenvalue weighted by molar-refractivity contribution is 0.512. The van der Waals surface area contributed by atoms with Crippen molar-refractivity contribution in [2.24, 2.45) is 0 Å². The minimum absolute atomic E-state index is 0.384. The molecule has 2 aromatic rings. The molecule has 0 fully saturated rings. The molecule has 2 aromatic heterocycles. The Bertz CT molecular complexity index is 459. The summed E-state index contributed by atoms with van der Waals surface area (Å²) in [5.41, 5.74) is 0. The fourth-order valence-corrected chi connectivity index (χ4v) is 2.48. The highest BCUT2D eigenvalue weighted by Crippen LogP contribution is 2.25. The van der Waals surface area contributed by atoms with Crippen molar-refractivity contribution in [1.29, 1.82) is 0 Å². The van der Waals surface area contributed by atoms with Gasteiger partial charge in [0.15, 0.2) is 0 Å². The first-order chi connectivity index (χ1) is 8.33. The zero-order valence-corrected chi connectivity index (χ0v) is 10.8. The van der Waals surface area contributed by atoms with E-state index in [1.807, 2.05) is 18.5 Å². The Kier molecular flexibility index (Phi) is 4.12. The smallest absolute Gasteiger partial charge is 0.150 e. The highest BCUT2D eigenvalue weighted by molar-refractivity contribution is 7.13. The Morgan fingerprint density at radius 3 is 3.24 bits per heavy atom. The van der Waals surface area contributed by atoms with Gasteiger partial charge in [0.25, 0.3) is 0 Å². The molecule has 2 heterocycles. The number of imidazole rings is 1. The van der Waals surface area contributed by atoms with E-state index in [0.717, 1.165) is 18.9 Å². The van der Waals surface area contributed by atoms with Gasteiger partial charge < -0.3 is 9.88 Å². The molecule has 3 nitrogen and oxygen atoms in total. The van der Waals surface area contributed by atoms with Crippen LogP contribution < -0.4 is 5.32 Å². The van der Waals surface area contributed by atoms with Gasteiger partial charge in [-0.25, -0.2) is 4.98 Å². The molecule has 0 aliphatic rings. The second-order valence-corrected chi connectivity index (χ2v) is 4.88. The molecule has 0 saturated carbocycles. The Labute approximate surface area is 106 Å². The SMILES string of the molecule is C=CCNCC(C)n1ccnc1-c1cccs1. The molecule has 0 saturated heterocycles. The van der Waals surface area contributed by atoms with Crippen molar-refractivity contribution in [1.82, 2.24) is 14.9 Å². The number of rotatable bonds is 6. The van der Waals surface area contributed by atoms with Gasteiger partial charge in [0, 0.05) is 31.5 Å². The topological polar surface area (TPSA) is 29.9 Å². The molecule has 1 unspecified atom stereocenters. The van der Waals surface area contributed by atoms with E-state index in [4.69, 9.17) is 0 Å². The first-order valence-electron chi connectivity index (χ1n) is 5.71. The molecule has 1 N–H and O–H groups in total. The second-order valence-electron chi connectivity index (χ2n) is 3.93. The lowest BCUT2D eigenvalue weighted by atomic mass is 10.3. The van der Waals surface area contributed by atoms with Crippen molar-refractivity contribution < 1.29 is 0 Å². The largest absolute Gasteiger partial charge is 0.326 e. The average Bonchev–Trinajstić information content (AvgIpc) is 2.99. The van der Waals surface area contributed by atoms with E-state index in [-0.39, 0.29) is 0 Å². The fourth-order valence-electron chi connectivity index (χ4n) is 1.76. The van der Waals surface area contributed by atoms with Crippen LogP contribution in [-0.4, -0.2) is 22.6 Å². The molecule has 0 aliphatic heterocycles. The van der Waals surface area contributed by atoms with Crippen LogP contribution in [0.4, 0.5) is 0 Å². The van der Waals surface area contributed by atoms with Crippen LogP contribution in [0.15, 0.2) is 42.6 Å². The predicted octanol–water partition coefficient (Wildman–Crippen LogP) is 2.95. The highest BCUT2D eigenvalue weighted by atomic mass is 32.1. The number of thiophene rings is 1. The minimum Gasteiger partial charge on any atom is -0.326 e. The molecule has 1 atom stereocenters. The maximum atomic E-state index is 4.43. The van der Waals surface area contributed by atoms with E-state index >= 15 is 0 Å². The van der Waals surface area contributed by atoms with E-state index in [1.54, 1.807) is 11.3 Å². The number of aromatic nitrogens is 2. The Hall–Kier alpha value is -1.39. The highest BCUT2D eigenvalue weighted by Gasteiger charge is 2.11. The normalized spacial score (nSPS) is 12.5. The van der Waals surface area contributed by atoms with Crippen LogP contribution in [0.2, 0.25) is 0 Å². The maximum Gasteiger partial charge on any atom is 0.150 e. The summed E-state index contributed by atoms with van der Waals surface area (Å²) < 4.78 is 2.21. The molecule has 0 aromatic carbocycles. The molecular weight excluding hydrogens is 230 g/mol. The third-order valence-corrected chi connectivity index (χ3v) is 3.48. The Morgan fingerprint density at radius 1 is 1.65 bits per heavy atom. The van der Waals surface area contributed by atoms with Gasteiger partial charge in [-0.3, -0.25) is 0 Å². The van der Waals surface area contributed by atoms with Gasteiger partial charge in [-0.05, 0) is 18.4 Å². The van der Waals surface area contributed by atoms with Gasteiger partial charge in [0.2, 0.25) is 0 Å². The standard InChI is InChI=1S/C13H17N3S/c1-3-6-14-10-11(2)16-8-7-15-13(16)12-5-4-9-17-12/h3-5,7-9,11,14H,1,6,10H2,2H3.